The highest BCUT2D eigenvalue weighted by Gasteiger charge is 2.35. The molecule has 4 nitrogen and oxygen atoms in total. The van der Waals surface area contributed by atoms with Crippen LogP contribution >= 0.6 is 11.3 Å². The largest absolute Gasteiger partial charge is 0.451 e. The van der Waals surface area contributed by atoms with Crippen LogP contribution in [0.5, 0.6) is 0 Å². The molecule has 0 spiro atoms. The number of hydrogen-bond donors (Lipinski definition) is 0. The molecule has 26 heavy (non-hydrogen) atoms. The van der Waals surface area contributed by atoms with Gasteiger partial charge < -0.3 is 9.64 Å². The Morgan fingerprint density at radius 3 is 2.85 bits per heavy atom. The molecule has 0 N–H and O–H groups in total. The predicted molar refractivity (Wildman–Crippen MR) is 98.8 cm³/mol. The predicted octanol–water partition coefficient (Wildman–Crippen LogP) is 4.38. The minimum Gasteiger partial charge on any atom is -0.451 e. The molecule has 2 heterocycles. The molecule has 2 atom stereocenters. The normalized spacial score (nSPS) is 22.9. The van der Waals surface area contributed by atoms with E-state index in [0.717, 1.165) is 24.1 Å². The minimum atomic E-state index is -0.517. The standard InChI is InChI=1S/C20H22FNO3S/c21-15-7-8-17-14(10-15)11-18(26-17)20(24)25-12-19(23)22-9-3-5-13-4-1-2-6-16(13)22/h7-8,10-11,13,16H,1-6,9,12H2/t13-,16+/m1/s1. The van der Waals surface area contributed by atoms with Crippen LogP contribution in [-0.4, -0.2) is 36.0 Å². The van der Waals surface area contributed by atoms with Crippen LogP contribution in [-0.2, 0) is 9.53 Å². The molecular weight excluding hydrogens is 353 g/mol. The molecule has 4 rings (SSSR count). The summed E-state index contributed by atoms with van der Waals surface area (Å²) in [5.41, 5.74) is 0. The lowest BCUT2D eigenvalue weighted by molar-refractivity contribution is -0.140. The van der Waals surface area contributed by atoms with E-state index in [4.69, 9.17) is 4.74 Å². The van der Waals surface area contributed by atoms with Crippen molar-refractivity contribution in [2.24, 2.45) is 5.92 Å². The minimum absolute atomic E-state index is 0.0953. The fourth-order valence-electron chi connectivity index (χ4n) is 4.33. The van der Waals surface area contributed by atoms with Crippen LogP contribution in [0, 0.1) is 11.7 Å². The molecule has 1 aliphatic heterocycles. The Hall–Kier alpha value is -1.95. The van der Waals surface area contributed by atoms with Crippen LogP contribution in [0.15, 0.2) is 24.3 Å². The second kappa shape index (κ2) is 7.35. The van der Waals surface area contributed by atoms with Crippen molar-refractivity contribution >= 4 is 33.3 Å². The van der Waals surface area contributed by atoms with Crippen LogP contribution in [0.2, 0.25) is 0 Å². The molecule has 138 valence electrons. The number of benzene rings is 1. The lowest BCUT2D eigenvalue weighted by atomic mass is 9.78. The van der Waals surface area contributed by atoms with E-state index in [-0.39, 0.29) is 18.3 Å². The van der Waals surface area contributed by atoms with Gasteiger partial charge in [0, 0.05) is 17.3 Å². The number of ether oxygens (including phenoxy) is 1. The molecule has 0 radical (unpaired) electrons. The van der Waals surface area contributed by atoms with E-state index in [2.05, 4.69) is 0 Å². The van der Waals surface area contributed by atoms with Gasteiger partial charge in [0.2, 0.25) is 0 Å². The highest BCUT2D eigenvalue weighted by atomic mass is 32.1. The summed E-state index contributed by atoms with van der Waals surface area (Å²) in [6, 6.07) is 6.34. The van der Waals surface area contributed by atoms with Crippen molar-refractivity contribution in [3.05, 3.63) is 35.0 Å². The zero-order valence-electron chi connectivity index (χ0n) is 14.6. The van der Waals surface area contributed by atoms with Gasteiger partial charge in [0.1, 0.15) is 10.7 Å². The van der Waals surface area contributed by atoms with Gasteiger partial charge in [-0.3, -0.25) is 4.79 Å². The maximum absolute atomic E-state index is 13.3. The molecule has 2 aliphatic rings. The van der Waals surface area contributed by atoms with Gasteiger partial charge in [0.05, 0.1) is 0 Å². The number of likely N-dealkylation sites (tertiary alicyclic amines) is 1. The first-order valence-electron chi connectivity index (χ1n) is 9.27. The maximum atomic E-state index is 13.3. The number of amides is 1. The Morgan fingerprint density at radius 2 is 1.96 bits per heavy atom. The Labute approximate surface area is 155 Å². The van der Waals surface area contributed by atoms with Gasteiger partial charge in [-0.2, -0.15) is 0 Å². The van der Waals surface area contributed by atoms with E-state index in [9.17, 15) is 14.0 Å². The first-order chi connectivity index (χ1) is 12.6. The first kappa shape index (κ1) is 17.5. The number of thiophene rings is 1. The Balaban J connectivity index is 1.39. The molecule has 6 heteroatoms. The zero-order chi connectivity index (χ0) is 18.1. The van der Waals surface area contributed by atoms with Crippen molar-refractivity contribution in [1.82, 2.24) is 4.90 Å². The monoisotopic (exact) mass is 375 g/mol. The van der Waals surface area contributed by atoms with Crippen LogP contribution in [0.4, 0.5) is 4.39 Å². The number of hydrogen-bond acceptors (Lipinski definition) is 4. The van der Waals surface area contributed by atoms with Crippen LogP contribution in [0.3, 0.4) is 0 Å². The van der Waals surface area contributed by atoms with Crippen molar-refractivity contribution < 1.29 is 18.7 Å². The van der Waals surface area contributed by atoms with Gasteiger partial charge in [0.15, 0.2) is 6.61 Å². The fraction of sp³-hybridized carbons (Fsp3) is 0.500. The van der Waals surface area contributed by atoms with Gasteiger partial charge in [-0.1, -0.05) is 12.8 Å². The summed E-state index contributed by atoms with van der Waals surface area (Å²) in [5.74, 6) is -0.341. The Kier molecular flexibility index (Phi) is 4.94. The molecule has 1 amide bonds. The number of piperidine rings is 1. The smallest absolute Gasteiger partial charge is 0.348 e. The van der Waals surface area contributed by atoms with Crippen LogP contribution in [0.1, 0.15) is 48.2 Å². The summed E-state index contributed by atoms with van der Waals surface area (Å²) < 4.78 is 19.4. The van der Waals surface area contributed by atoms with Crippen LogP contribution in [0.25, 0.3) is 10.1 Å². The second-order valence-electron chi connectivity index (χ2n) is 7.21. The topological polar surface area (TPSA) is 46.6 Å². The summed E-state index contributed by atoms with van der Waals surface area (Å²) in [6.45, 7) is 0.546. The lowest BCUT2D eigenvalue weighted by Crippen LogP contribution is -2.50. The van der Waals surface area contributed by atoms with Crippen molar-refractivity contribution in [1.29, 1.82) is 0 Å². The summed E-state index contributed by atoms with van der Waals surface area (Å²) >= 11 is 1.25. The van der Waals surface area contributed by atoms with Crippen LogP contribution < -0.4 is 0 Å². The van der Waals surface area contributed by atoms with Gasteiger partial charge in [-0.15, -0.1) is 11.3 Å². The summed E-state index contributed by atoms with van der Waals surface area (Å²) in [7, 11) is 0. The SMILES string of the molecule is O=C(OCC(=O)N1CCC[C@H]2CCCC[C@@H]21)c1cc2cc(F)ccc2s1. The third kappa shape index (κ3) is 3.47. The number of rotatable bonds is 3. The van der Waals surface area contributed by atoms with Gasteiger partial charge in [0.25, 0.3) is 5.91 Å². The van der Waals surface area contributed by atoms with Gasteiger partial charge in [-0.05, 0) is 61.3 Å². The summed E-state index contributed by atoms with van der Waals surface area (Å²) in [4.78, 5) is 27.2. The Morgan fingerprint density at radius 1 is 1.15 bits per heavy atom. The first-order valence-corrected chi connectivity index (χ1v) is 10.1. The highest BCUT2D eigenvalue weighted by molar-refractivity contribution is 7.20. The second-order valence-corrected chi connectivity index (χ2v) is 8.29. The molecule has 2 fully saturated rings. The van der Waals surface area contributed by atoms with E-state index in [1.165, 1.54) is 49.2 Å². The van der Waals surface area contributed by atoms with E-state index >= 15 is 0 Å². The molecular formula is C20H22FNO3S. The van der Waals surface area contributed by atoms with Gasteiger partial charge >= 0.3 is 5.97 Å². The molecule has 1 aromatic carbocycles. The van der Waals surface area contributed by atoms with Gasteiger partial charge in [-0.25, -0.2) is 9.18 Å². The van der Waals surface area contributed by atoms with E-state index in [1.54, 1.807) is 12.1 Å². The number of esters is 1. The van der Waals surface area contributed by atoms with E-state index < -0.39 is 5.97 Å². The molecule has 0 unspecified atom stereocenters. The maximum Gasteiger partial charge on any atom is 0.348 e. The van der Waals surface area contributed by atoms with E-state index in [0.29, 0.717) is 22.2 Å². The average Bonchev–Trinajstić information content (AvgIpc) is 3.08. The molecule has 1 aromatic heterocycles. The quantitative estimate of drug-likeness (QED) is 0.748. The number of carbonyl (C=O) groups is 2. The number of halogens is 1. The van der Waals surface area contributed by atoms with Crippen molar-refractivity contribution in [3.8, 4) is 0 Å². The molecule has 2 aromatic rings. The number of fused-ring (bicyclic) bond motifs is 2. The van der Waals surface area contributed by atoms with E-state index in [1.807, 2.05) is 4.90 Å². The molecule has 1 saturated heterocycles. The van der Waals surface area contributed by atoms with Crippen molar-refractivity contribution in [2.75, 3.05) is 13.2 Å². The third-order valence-electron chi connectivity index (χ3n) is 5.57. The summed E-state index contributed by atoms with van der Waals surface area (Å²) in [6.07, 6.45) is 6.92. The average molecular weight is 375 g/mol. The fourth-order valence-corrected chi connectivity index (χ4v) is 5.27. The lowest BCUT2D eigenvalue weighted by Gasteiger charge is -2.44. The zero-order valence-corrected chi connectivity index (χ0v) is 15.4. The van der Waals surface area contributed by atoms with Crippen molar-refractivity contribution in [3.63, 3.8) is 0 Å². The highest BCUT2D eigenvalue weighted by Crippen LogP contribution is 2.35. The molecule has 0 bridgehead atoms. The molecule has 1 saturated carbocycles. The number of carbonyl (C=O) groups excluding carboxylic acids is 2. The third-order valence-corrected chi connectivity index (χ3v) is 6.67. The summed E-state index contributed by atoms with van der Waals surface area (Å²) in [5, 5.41) is 0.675. The number of nitrogens with zero attached hydrogens (tertiary/aromatic N) is 1. The molecule has 1 aliphatic carbocycles. The Bertz CT molecular complexity index is 832. The van der Waals surface area contributed by atoms with Crippen molar-refractivity contribution in [2.45, 2.75) is 44.6 Å².